The van der Waals surface area contributed by atoms with E-state index in [0.29, 0.717) is 6.42 Å². The van der Waals surface area contributed by atoms with Crippen molar-refractivity contribution in [2.45, 2.75) is 46.1 Å². The van der Waals surface area contributed by atoms with Gasteiger partial charge in [0.1, 0.15) is 5.78 Å². The zero-order valence-electron chi connectivity index (χ0n) is 8.92. The summed E-state index contributed by atoms with van der Waals surface area (Å²) < 4.78 is 0. The lowest BCUT2D eigenvalue weighted by Gasteiger charge is -2.13. The van der Waals surface area contributed by atoms with Gasteiger partial charge in [0.15, 0.2) is 5.78 Å². The van der Waals surface area contributed by atoms with Crippen molar-refractivity contribution in [3.05, 3.63) is 0 Å². The quantitative estimate of drug-likeness (QED) is 0.689. The molecule has 1 N–H and O–H groups in total. The van der Waals surface area contributed by atoms with E-state index >= 15 is 0 Å². The number of Topliss-reactive ketones (excluding diaryl/α,β-unsaturated/α-hetero) is 2. The van der Waals surface area contributed by atoms with Crippen LogP contribution in [0.25, 0.3) is 0 Å². The maximum absolute atomic E-state index is 11.2. The topological polar surface area (TPSA) is 63.2 Å². The second-order valence-electron chi connectivity index (χ2n) is 3.39. The van der Waals surface area contributed by atoms with E-state index in [0.717, 1.165) is 6.42 Å². The molecule has 0 aliphatic carbocycles. The third-order valence-corrected chi connectivity index (χ3v) is 1.79. The molecule has 0 aromatic carbocycles. The minimum Gasteiger partial charge on any atom is -0.346 e. The van der Waals surface area contributed by atoms with Crippen molar-refractivity contribution in [2.24, 2.45) is 0 Å². The smallest absolute Gasteiger partial charge is 0.220 e. The molecule has 14 heavy (non-hydrogen) atoms. The molecule has 0 aromatic heterocycles. The van der Waals surface area contributed by atoms with Crippen molar-refractivity contribution in [1.82, 2.24) is 5.32 Å². The Kier molecular flexibility index (Phi) is 5.76. The molecule has 1 unspecified atom stereocenters. The van der Waals surface area contributed by atoms with Crippen LogP contribution < -0.4 is 5.32 Å². The zero-order valence-corrected chi connectivity index (χ0v) is 8.92. The van der Waals surface area contributed by atoms with Crippen LogP contribution in [-0.2, 0) is 14.4 Å². The van der Waals surface area contributed by atoms with E-state index < -0.39 is 6.04 Å². The Morgan fingerprint density at radius 1 is 1.21 bits per heavy atom. The fourth-order valence-electron chi connectivity index (χ4n) is 1.08. The monoisotopic (exact) mass is 199 g/mol. The average Bonchev–Trinajstić information content (AvgIpc) is 2.02. The highest BCUT2D eigenvalue weighted by atomic mass is 16.2. The predicted molar refractivity (Wildman–Crippen MR) is 52.8 cm³/mol. The summed E-state index contributed by atoms with van der Waals surface area (Å²) in [5.74, 6) is -0.444. The van der Waals surface area contributed by atoms with Crippen LogP contribution in [0.15, 0.2) is 0 Å². The Labute approximate surface area is 84.1 Å². The number of carbonyl (C=O) groups is 3. The van der Waals surface area contributed by atoms with Gasteiger partial charge in [-0.05, 0) is 20.3 Å². The lowest BCUT2D eigenvalue weighted by atomic mass is 10.1. The zero-order chi connectivity index (χ0) is 11.1. The first kappa shape index (κ1) is 12.8. The third-order valence-electron chi connectivity index (χ3n) is 1.79. The van der Waals surface area contributed by atoms with Crippen LogP contribution in [0.1, 0.15) is 40.0 Å². The third kappa shape index (κ3) is 5.45. The highest BCUT2D eigenvalue weighted by molar-refractivity contribution is 5.91. The second-order valence-corrected chi connectivity index (χ2v) is 3.39. The molecule has 0 rings (SSSR count). The van der Waals surface area contributed by atoms with E-state index in [2.05, 4.69) is 5.32 Å². The van der Waals surface area contributed by atoms with E-state index in [4.69, 9.17) is 0 Å². The molecule has 0 radical (unpaired) electrons. The molecule has 0 heterocycles. The molecule has 0 aliphatic rings. The average molecular weight is 199 g/mol. The van der Waals surface area contributed by atoms with E-state index in [1.54, 1.807) is 0 Å². The van der Waals surface area contributed by atoms with Crippen molar-refractivity contribution in [3.63, 3.8) is 0 Å². The van der Waals surface area contributed by atoms with Crippen molar-refractivity contribution < 1.29 is 14.4 Å². The van der Waals surface area contributed by atoms with Crippen LogP contribution in [0.2, 0.25) is 0 Å². The molecule has 0 spiro atoms. The Bertz CT molecular complexity index is 236. The summed E-state index contributed by atoms with van der Waals surface area (Å²) >= 11 is 0. The lowest BCUT2D eigenvalue weighted by Crippen LogP contribution is -2.40. The molecule has 0 bridgehead atoms. The Morgan fingerprint density at radius 2 is 1.79 bits per heavy atom. The number of rotatable bonds is 6. The summed E-state index contributed by atoms with van der Waals surface area (Å²) in [4.78, 5) is 33.0. The minimum absolute atomic E-state index is 0.0881. The van der Waals surface area contributed by atoms with Gasteiger partial charge in [-0.3, -0.25) is 14.4 Å². The largest absolute Gasteiger partial charge is 0.346 e. The number of carbonyl (C=O) groups excluding carboxylic acids is 3. The lowest BCUT2D eigenvalue weighted by molar-refractivity contribution is -0.128. The van der Waals surface area contributed by atoms with Crippen molar-refractivity contribution in [1.29, 1.82) is 0 Å². The van der Waals surface area contributed by atoms with Crippen LogP contribution in [0.5, 0.6) is 0 Å². The Hall–Kier alpha value is -1.19. The van der Waals surface area contributed by atoms with Crippen LogP contribution in [0.4, 0.5) is 0 Å². The molecule has 4 heteroatoms. The summed E-state index contributed by atoms with van der Waals surface area (Å²) in [6.07, 6.45) is 1.21. The molecule has 0 saturated carbocycles. The molecule has 0 saturated heterocycles. The summed E-state index contributed by atoms with van der Waals surface area (Å²) in [5, 5.41) is 2.54. The first-order valence-corrected chi connectivity index (χ1v) is 4.76. The van der Waals surface area contributed by atoms with Crippen LogP contribution >= 0.6 is 0 Å². The van der Waals surface area contributed by atoms with Gasteiger partial charge in [0.05, 0.1) is 6.04 Å². The number of hydrogen-bond donors (Lipinski definition) is 1. The first-order valence-electron chi connectivity index (χ1n) is 4.76. The maximum atomic E-state index is 11.2. The van der Waals surface area contributed by atoms with Gasteiger partial charge < -0.3 is 5.32 Å². The molecule has 1 atom stereocenters. The number of hydrogen-bond acceptors (Lipinski definition) is 3. The summed E-state index contributed by atoms with van der Waals surface area (Å²) in [5.41, 5.74) is 0. The van der Waals surface area contributed by atoms with Gasteiger partial charge in [-0.15, -0.1) is 0 Å². The van der Waals surface area contributed by atoms with Crippen LogP contribution in [0, 0.1) is 0 Å². The van der Waals surface area contributed by atoms with Crippen molar-refractivity contribution >= 4 is 17.5 Å². The van der Waals surface area contributed by atoms with E-state index in [9.17, 15) is 14.4 Å². The number of nitrogens with one attached hydrogen (secondary N) is 1. The van der Waals surface area contributed by atoms with Gasteiger partial charge in [0.2, 0.25) is 5.91 Å². The molecule has 1 amide bonds. The van der Waals surface area contributed by atoms with E-state index in [1.165, 1.54) is 13.8 Å². The summed E-state index contributed by atoms with van der Waals surface area (Å²) in [6, 6.07) is -0.647. The molecule has 4 nitrogen and oxygen atoms in total. The highest BCUT2D eigenvalue weighted by Crippen LogP contribution is 1.97. The van der Waals surface area contributed by atoms with Crippen LogP contribution in [0.3, 0.4) is 0 Å². The van der Waals surface area contributed by atoms with Gasteiger partial charge in [0.25, 0.3) is 0 Å². The second kappa shape index (κ2) is 6.29. The molecule has 0 fully saturated rings. The standard InChI is InChI=1S/C10H17NO3/c1-4-5-10(14)11-9(8(3)13)6-7(2)12/h9H,4-6H2,1-3H3,(H,11,14). The predicted octanol–water partition coefficient (Wildman–Crippen LogP) is 0.839. The minimum atomic E-state index is -0.647. The highest BCUT2D eigenvalue weighted by Gasteiger charge is 2.17. The van der Waals surface area contributed by atoms with Gasteiger partial charge in [-0.2, -0.15) is 0 Å². The Morgan fingerprint density at radius 3 is 2.14 bits per heavy atom. The molecular weight excluding hydrogens is 182 g/mol. The van der Waals surface area contributed by atoms with Crippen LogP contribution in [-0.4, -0.2) is 23.5 Å². The number of amides is 1. The number of ketones is 2. The SMILES string of the molecule is CCCC(=O)NC(CC(C)=O)C(C)=O. The van der Waals surface area contributed by atoms with Crippen molar-refractivity contribution in [2.75, 3.05) is 0 Å². The molecule has 0 aliphatic heterocycles. The van der Waals surface area contributed by atoms with E-state index in [1.807, 2.05) is 6.92 Å². The molecule has 0 aromatic rings. The molecule has 80 valence electrons. The fourth-order valence-corrected chi connectivity index (χ4v) is 1.08. The van der Waals surface area contributed by atoms with Gasteiger partial charge >= 0.3 is 0 Å². The van der Waals surface area contributed by atoms with Crippen molar-refractivity contribution in [3.8, 4) is 0 Å². The summed E-state index contributed by atoms with van der Waals surface area (Å²) in [6.45, 7) is 4.66. The maximum Gasteiger partial charge on any atom is 0.220 e. The van der Waals surface area contributed by atoms with Gasteiger partial charge in [-0.25, -0.2) is 0 Å². The first-order chi connectivity index (χ1) is 6.47. The van der Waals surface area contributed by atoms with Gasteiger partial charge in [-0.1, -0.05) is 6.92 Å². The van der Waals surface area contributed by atoms with E-state index in [-0.39, 0.29) is 23.9 Å². The van der Waals surface area contributed by atoms with Gasteiger partial charge in [0, 0.05) is 12.8 Å². The fraction of sp³-hybridized carbons (Fsp3) is 0.700. The summed E-state index contributed by atoms with van der Waals surface area (Å²) in [7, 11) is 0. The Balaban J connectivity index is 4.16. The molecular formula is C10H17NO3. The normalized spacial score (nSPS) is 11.9.